The molecular weight excluding hydrogens is 350 g/mol. The number of anilines is 1. The Morgan fingerprint density at radius 2 is 2.10 bits per heavy atom. The van der Waals surface area contributed by atoms with Crippen LogP contribution in [0.5, 0.6) is 0 Å². The van der Waals surface area contributed by atoms with Gasteiger partial charge in [0.1, 0.15) is 5.15 Å². The highest BCUT2D eigenvalue weighted by Gasteiger charge is 2.13. The topological polar surface area (TPSA) is 85.1 Å². The number of nitrogens with one attached hydrogen (secondary N) is 1. The summed E-state index contributed by atoms with van der Waals surface area (Å²) in [6, 6.07) is 7.15. The minimum absolute atomic E-state index is 0.0741. The molecule has 20 heavy (non-hydrogen) atoms. The molecule has 0 spiro atoms. The Kier molecular flexibility index (Phi) is 4.31. The fraction of sp³-hybridized carbons (Fsp3) is 0. The van der Waals surface area contributed by atoms with Crippen molar-refractivity contribution in [2.24, 2.45) is 0 Å². The number of rotatable bonds is 3. The van der Waals surface area contributed by atoms with Gasteiger partial charge in [0.15, 0.2) is 0 Å². The second-order valence-corrected chi connectivity index (χ2v) is 4.99. The van der Waals surface area contributed by atoms with E-state index in [-0.39, 0.29) is 21.2 Å². The van der Waals surface area contributed by atoms with Crippen molar-refractivity contribution in [2.75, 3.05) is 5.32 Å². The molecule has 0 aliphatic carbocycles. The smallest absolute Gasteiger partial charge is 0.283 e. The molecule has 2 aromatic rings. The average Bonchev–Trinajstić information content (AvgIpc) is 2.38. The molecule has 1 aromatic carbocycles. The fourth-order valence-corrected chi connectivity index (χ4v) is 2.18. The number of hydrogen-bond donors (Lipinski definition) is 1. The van der Waals surface area contributed by atoms with Crippen molar-refractivity contribution in [1.82, 2.24) is 4.98 Å². The first kappa shape index (κ1) is 14.4. The molecule has 0 aliphatic heterocycles. The van der Waals surface area contributed by atoms with E-state index < -0.39 is 4.92 Å². The van der Waals surface area contributed by atoms with Crippen LogP contribution in [0.15, 0.2) is 41.0 Å². The minimum atomic E-state index is -0.516. The van der Waals surface area contributed by atoms with Crippen LogP contribution in [0.4, 0.5) is 11.4 Å². The van der Waals surface area contributed by atoms with Crippen LogP contribution in [0.2, 0.25) is 5.15 Å². The SMILES string of the molecule is O=C(Nc1ccc([N+](=O)[O-])c(Br)c1)c1ccnc(Cl)c1. The zero-order valence-corrected chi connectivity index (χ0v) is 12.2. The quantitative estimate of drug-likeness (QED) is 0.516. The predicted octanol–water partition coefficient (Wildman–Crippen LogP) is 3.66. The lowest BCUT2D eigenvalue weighted by molar-refractivity contribution is -0.385. The molecular formula is C12H7BrClN3O3. The Morgan fingerprint density at radius 1 is 1.35 bits per heavy atom. The van der Waals surface area contributed by atoms with Crippen molar-refractivity contribution in [3.63, 3.8) is 0 Å². The Labute approximate surface area is 127 Å². The van der Waals surface area contributed by atoms with Gasteiger partial charge in [-0.05, 0) is 40.2 Å². The van der Waals surface area contributed by atoms with Gasteiger partial charge in [0.2, 0.25) is 0 Å². The van der Waals surface area contributed by atoms with Gasteiger partial charge in [0.25, 0.3) is 11.6 Å². The molecule has 1 amide bonds. The number of carbonyl (C=O) groups is 1. The lowest BCUT2D eigenvalue weighted by atomic mass is 10.2. The van der Waals surface area contributed by atoms with E-state index in [9.17, 15) is 14.9 Å². The zero-order chi connectivity index (χ0) is 14.7. The van der Waals surface area contributed by atoms with E-state index in [0.29, 0.717) is 11.3 Å². The van der Waals surface area contributed by atoms with Crippen molar-refractivity contribution in [3.8, 4) is 0 Å². The van der Waals surface area contributed by atoms with Gasteiger partial charge in [-0.1, -0.05) is 11.6 Å². The Hall–Kier alpha value is -1.99. The van der Waals surface area contributed by atoms with E-state index in [1.54, 1.807) is 0 Å². The summed E-state index contributed by atoms with van der Waals surface area (Å²) in [7, 11) is 0. The van der Waals surface area contributed by atoms with Crippen LogP contribution in [-0.4, -0.2) is 15.8 Å². The largest absolute Gasteiger partial charge is 0.322 e. The van der Waals surface area contributed by atoms with Crippen molar-refractivity contribution < 1.29 is 9.72 Å². The number of halogens is 2. The number of nitro benzene ring substituents is 1. The molecule has 2 rings (SSSR count). The highest BCUT2D eigenvalue weighted by atomic mass is 79.9. The van der Waals surface area contributed by atoms with Crippen LogP contribution < -0.4 is 5.32 Å². The summed E-state index contributed by atoms with van der Waals surface area (Å²) in [4.78, 5) is 25.9. The molecule has 0 atom stereocenters. The van der Waals surface area contributed by atoms with Crippen molar-refractivity contribution in [2.45, 2.75) is 0 Å². The van der Waals surface area contributed by atoms with E-state index in [1.165, 1.54) is 36.5 Å². The molecule has 0 aliphatic rings. The minimum Gasteiger partial charge on any atom is -0.322 e. The van der Waals surface area contributed by atoms with Crippen molar-refractivity contribution >= 4 is 44.8 Å². The normalized spacial score (nSPS) is 10.1. The summed E-state index contributed by atoms with van der Waals surface area (Å²) < 4.78 is 0.285. The van der Waals surface area contributed by atoms with Gasteiger partial charge in [-0.2, -0.15) is 0 Å². The third-order valence-corrected chi connectivity index (χ3v) is 3.23. The Bertz CT molecular complexity index is 693. The maximum atomic E-state index is 11.9. The summed E-state index contributed by atoms with van der Waals surface area (Å²) in [6.45, 7) is 0. The molecule has 1 N–H and O–H groups in total. The molecule has 102 valence electrons. The van der Waals surface area contributed by atoms with Gasteiger partial charge in [0, 0.05) is 23.5 Å². The standard InChI is InChI=1S/C12H7BrClN3O3/c13-9-6-8(1-2-10(9)17(19)20)16-12(18)7-3-4-15-11(14)5-7/h1-6H,(H,16,18). The second kappa shape index (κ2) is 5.98. The maximum Gasteiger partial charge on any atom is 0.283 e. The first-order valence-electron chi connectivity index (χ1n) is 5.34. The number of carbonyl (C=O) groups excluding carboxylic acids is 1. The van der Waals surface area contributed by atoms with Crippen LogP contribution in [0.1, 0.15) is 10.4 Å². The molecule has 1 heterocycles. The maximum absolute atomic E-state index is 11.9. The summed E-state index contributed by atoms with van der Waals surface area (Å²) in [6.07, 6.45) is 1.42. The number of amides is 1. The predicted molar refractivity (Wildman–Crippen MR) is 78.0 cm³/mol. The van der Waals surface area contributed by atoms with E-state index in [0.717, 1.165) is 0 Å². The highest BCUT2D eigenvalue weighted by molar-refractivity contribution is 9.10. The molecule has 6 nitrogen and oxygen atoms in total. The first-order valence-corrected chi connectivity index (χ1v) is 6.51. The van der Waals surface area contributed by atoms with Gasteiger partial charge >= 0.3 is 0 Å². The van der Waals surface area contributed by atoms with Gasteiger partial charge in [-0.25, -0.2) is 4.98 Å². The van der Waals surface area contributed by atoms with Gasteiger partial charge < -0.3 is 5.32 Å². The van der Waals surface area contributed by atoms with Gasteiger partial charge in [-0.3, -0.25) is 14.9 Å². The second-order valence-electron chi connectivity index (χ2n) is 3.74. The number of benzene rings is 1. The lowest BCUT2D eigenvalue weighted by Gasteiger charge is -2.06. The van der Waals surface area contributed by atoms with Crippen LogP contribution in [0, 0.1) is 10.1 Å². The summed E-state index contributed by atoms with van der Waals surface area (Å²) >= 11 is 8.78. The van der Waals surface area contributed by atoms with E-state index in [4.69, 9.17) is 11.6 Å². The van der Waals surface area contributed by atoms with Crippen molar-refractivity contribution in [1.29, 1.82) is 0 Å². The van der Waals surface area contributed by atoms with Gasteiger partial charge in [0.05, 0.1) is 9.40 Å². The summed E-state index contributed by atoms with van der Waals surface area (Å²) in [5, 5.41) is 13.5. The van der Waals surface area contributed by atoms with Crippen LogP contribution in [0.3, 0.4) is 0 Å². The lowest BCUT2D eigenvalue weighted by Crippen LogP contribution is -2.12. The fourth-order valence-electron chi connectivity index (χ4n) is 1.48. The molecule has 0 radical (unpaired) electrons. The molecule has 0 fully saturated rings. The number of nitrogens with zero attached hydrogens (tertiary/aromatic N) is 2. The number of pyridine rings is 1. The van der Waals surface area contributed by atoms with E-state index in [1.807, 2.05) is 0 Å². The summed E-state index contributed by atoms with van der Waals surface area (Å²) in [5.74, 6) is -0.380. The average molecular weight is 357 g/mol. The molecule has 0 bridgehead atoms. The third-order valence-electron chi connectivity index (χ3n) is 2.39. The summed E-state index contributed by atoms with van der Waals surface area (Å²) in [5.41, 5.74) is 0.704. The van der Waals surface area contributed by atoms with Crippen molar-refractivity contribution in [3.05, 3.63) is 61.8 Å². The first-order chi connectivity index (χ1) is 9.47. The third kappa shape index (κ3) is 3.31. The van der Waals surface area contributed by atoms with Crippen LogP contribution >= 0.6 is 27.5 Å². The number of aromatic nitrogens is 1. The highest BCUT2D eigenvalue weighted by Crippen LogP contribution is 2.27. The Morgan fingerprint density at radius 3 is 2.70 bits per heavy atom. The molecule has 0 saturated heterocycles. The van der Waals surface area contributed by atoms with Crippen LogP contribution in [-0.2, 0) is 0 Å². The van der Waals surface area contributed by atoms with E-state index >= 15 is 0 Å². The van der Waals surface area contributed by atoms with Gasteiger partial charge in [-0.15, -0.1) is 0 Å². The molecule has 1 aromatic heterocycles. The molecule has 0 saturated carbocycles. The number of hydrogen-bond acceptors (Lipinski definition) is 4. The Balaban J connectivity index is 2.20. The molecule has 0 unspecified atom stereocenters. The number of nitro groups is 1. The monoisotopic (exact) mass is 355 g/mol. The molecule has 8 heteroatoms. The van der Waals surface area contributed by atoms with Crippen LogP contribution in [0.25, 0.3) is 0 Å². The van der Waals surface area contributed by atoms with E-state index in [2.05, 4.69) is 26.2 Å². The zero-order valence-electron chi connectivity index (χ0n) is 9.84.